The molecule has 0 radical (unpaired) electrons. The smallest absolute Gasteiger partial charge is 0.0446 e. The fourth-order valence-corrected chi connectivity index (χ4v) is 2.91. The number of aromatic nitrogens is 1. The third-order valence-corrected chi connectivity index (χ3v) is 3.87. The maximum absolute atomic E-state index is 9.24. The number of nitrogens with zero attached hydrogens (tertiary/aromatic N) is 3. The minimum Gasteiger partial charge on any atom is -0.396 e. The van der Waals surface area contributed by atoms with E-state index in [1.165, 1.54) is 5.56 Å². The van der Waals surface area contributed by atoms with E-state index in [2.05, 4.69) is 34.7 Å². The highest BCUT2D eigenvalue weighted by atomic mass is 16.3. The van der Waals surface area contributed by atoms with Crippen molar-refractivity contribution in [2.75, 3.05) is 26.2 Å². The molecule has 0 amide bonds. The van der Waals surface area contributed by atoms with Gasteiger partial charge >= 0.3 is 0 Å². The molecule has 0 aliphatic carbocycles. The molecular formula is C15H25N3O. The van der Waals surface area contributed by atoms with Crippen molar-refractivity contribution in [3.8, 4) is 0 Å². The minimum absolute atomic E-state index is 0.272. The lowest BCUT2D eigenvalue weighted by atomic mass is 10.1. The van der Waals surface area contributed by atoms with Crippen molar-refractivity contribution in [1.82, 2.24) is 14.8 Å². The van der Waals surface area contributed by atoms with Gasteiger partial charge in [-0.05, 0) is 31.9 Å². The second kappa shape index (κ2) is 6.98. The lowest BCUT2D eigenvalue weighted by Gasteiger charge is -2.43. The Bertz CT molecular complexity index is 369. The monoisotopic (exact) mass is 263 g/mol. The zero-order chi connectivity index (χ0) is 13.7. The van der Waals surface area contributed by atoms with Crippen molar-refractivity contribution in [3.63, 3.8) is 0 Å². The number of hydrogen-bond donors (Lipinski definition) is 1. The van der Waals surface area contributed by atoms with Crippen molar-refractivity contribution in [2.24, 2.45) is 0 Å². The standard InChI is InChI=1S/C15H25N3O/c1-13(2)18-8-7-17(12-15(18)5-9-19)11-14-4-3-6-16-10-14/h3-4,6,10,13,15,19H,5,7-9,11-12H2,1-2H3. The van der Waals surface area contributed by atoms with Crippen molar-refractivity contribution >= 4 is 0 Å². The van der Waals surface area contributed by atoms with E-state index in [4.69, 9.17) is 0 Å². The molecular weight excluding hydrogens is 238 g/mol. The molecule has 1 atom stereocenters. The van der Waals surface area contributed by atoms with Gasteiger partial charge in [-0.15, -0.1) is 0 Å². The van der Waals surface area contributed by atoms with Crippen LogP contribution in [0.25, 0.3) is 0 Å². The highest BCUT2D eigenvalue weighted by Crippen LogP contribution is 2.17. The summed E-state index contributed by atoms with van der Waals surface area (Å²) in [5, 5.41) is 9.24. The predicted octanol–water partition coefficient (Wildman–Crippen LogP) is 1.36. The molecule has 0 spiro atoms. The van der Waals surface area contributed by atoms with Gasteiger partial charge in [0.1, 0.15) is 0 Å². The van der Waals surface area contributed by atoms with E-state index < -0.39 is 0 Å². The van der Waals surface area contributed by atoms with Crippen LogP contribution in [0.3, 0.4) is 0 Å². The lowest BCUT2D eigenvalue weighted by Crippen LogP contribution is -2.55. The summed E-state index contributed by atoms with van der Waals surface area (Å²) >= 11 is 0. The van der Waals surface area contributed by atoms with Gasteiger partial charge < -0.3 is 5.11 Å². The summed E-state index contributed by atoms with van der Waals surface area (Å²) in [4.78, 5) is 9.15. The van der Waals surface area contributed by atoms with Gasteiger partial charge in [0, 0.05) is 57.3 Å². The fourth-order valence-electron chi connectivity index (χ4n) is 2.91. The first kappa shape index (κ1) is 14.4. The van der Waals surface area contributed by atoms with Crippen molar-refractivity contribution in [3.05, 3.63) is 30.1 Å². The first-order valence-corrected chi connectivity index (χ1v) is 7.18. The van der Waals surface area contributed by atoms with Crippen LogP contribution in [-0.2, 0) is 6.54 Å². The number of pyridine rings is 1. The highest BCUT2D eigenvalue weighted by Gasteiger charge is 2.27. The molecule has 1 aliphatic heterocycles. The average molecular weight is 263 g/mol. The van der Waals surface area contributed by atoms with Gasteiger partial charge in [-0.2, -0.15) is 0 Å². The van der Waals surface area contributed by atoms with Gasteiger partial charge in [-0.25, -0.2) is 0 Å². The van der Waals surface area contributed by atoms with E-state index in [0.717, 1.165) is 32.6 Å². The highest BCUT2D eigenvalue weighted by molar-refractivity contribution is 5.08. The Kier molecular flexibility index (Phi) is 5.31. The Morgan fingerprint density at radius 3 is 2.89 bits per heavy atom. The molecule has 1 saturated heterocycles. The molecule has 1 unspecified atom stereocenters. The summed E-state index contributed by atoms with van der Waals surface area (Å²) in [7, 11) is 0. The SMILES string of the molecule is CC(C)N1CCN(Cc2cccnc2)CC1CCO. The Balaban J connectivity index is 1.94. The first-order valence-electron chi connectivity index (χ1n) is 7.18. The van der Waals surface area contributed by atoms with E-state index >= 15 is 0 Å². The van der Waals surface area contributed by atoms with Gasteiger partial charge in [0.05, 0.1) is 0 Å². The topological polar surface area (TPSA) is 39.6 Å². The number of rotatable bonds is 5. The van der Waals surface area contributed by atoms with Crippen LogP contribution >= 0.6 is 0 Å². The van der Waals surface area contributed by atoms with E-state index in [1.54, 1.807) is 0 Å². The number of piperazine rings is 1. The summed E-state index contributed by atoms with van der Waals surface area (Å²) in [6.45, 7) is 8.92. The maximum atomic E-state index is 9.24. The average Bonchev–Trinajstić information content (AvgIpc) is 2.40. The maximum Gasteiger partial charge on any atom is 0.0446 e. The molecule has 4 nitrogen and oxygen atoms in total. The van der Waals surface area contributed by atoms with Crippen molar-refractivity contribution in [1.29, 1.82) is 0 Å². The van der Waals surface area contributed by atoms with E-state index in [9.17, 15) is 5.11 Å². The molecule has 106 valence electrons. The van der Waals surface area contributed by atoms with Crippen LogP contribution in [-0.4, -0.2) is 58.2 Å². The van der Waals surface area contributed by atoms with Crippen LogP contribution < -0.4 is 0 Å². The van der Waals surface area contributed by atoms with Crippen LogP contribution in [0, 0.1) is 0 Å². The molecule has 1 N–H and O–H groups in total. The Labute approximate surface area is 116 Å². The zero-order valence-corrected chi connectivity index (χ0v) is 12.0. The summed E-state index contributed by atoms with van der Waals surface area (Å²) in [5.74, 6) is 0. The number of aliphatic hydroxyl groups excluding tert-OH is 1. The Morgan fingerprint density at radius 1 is 1.42 bits per heavy atom. The summed E-state index contributed by atoms with van der Waals surface area (Å²) in [6, 6.07) is 5.14. The van der Waals surface area contributed by atoms with Crippen LogP contribution in [0.1, 0.15) is 25.8 Å². The number of hydrogen-bond acceptors (Lipinski definition) is 4. The summed E-state index contributed by atoms with van der Waals surface area (Å²) < 4.78 is 0. The molecule has 0 saturated carbocycles. The van der Waals surface area contributed by atoms with Gasteiger partial charge in [0.25, 0.3) is 0 Å². The quantitative estimate of drug-likeness (QED) is 0.871. The van der Waals surface area contributed by atoms with E-state index in [1.807, 2.05) is 18.5 Å². The molecule has 1 aromatic rings. The molecule has 0 aromatic carbocycles. The van der Waals surface area contributed by atoms with Crippen LogP contribution in [0.15, 0.2) is 24.5 Å². The van der Waals surface area contributed by atoms with Crippen LogP contribution in [0.5, 0.6) is 0 Å². The second-order valence-electron chi connectivity index (χ2n) is 5.59. The predicted molar refractivity (Wildman–Crippen MR) is 76.8 cm³/mol. The molecule has 0 bridgehead atoms. The molecule has 1 aliphatic rings. The Morgan fingerprint density at radius 2 is 2.26 bits per heavy atom. The number of aliphatic hydroxyl groups is 1. The minimum atomic E-state index is 0.272. The van der Waals surface area contributed by atoms with Crippen molar-refractivity contribution in [2.45, 2.75) is 38.9 Å². The molecule has 2 rings (SSSR count). The van der Waals surface area contributed by atoms with Gasteiger partial charge in [-0.1, -0.05) is 6.07 Å². The van der Waals surface area contributed by atoms with E-state index in [0.29, 0.717) is 12.1 Å². The zero-order valence-electron chi connectivity index (χ0n) is 12.0. The third-order valence-electron chi connectivity index (χ3n) is 3.87. The normalized spacial score (nSPS) is 22.0. The molecule has 19 heavy (non-hydrogen) atoms. The van der Waals surface area contributed by atoms with E-state index in [-0.39, 0.29) is 6.61 Å². The summed E-state index contributed by atoms with van der Waals surface area (Å²) in [5.41, 5.74) is 1.27. The van der Waals surface area contributed by atoms with Gasteiger partial charge in [0.15, 0.2) is 0 Å². The molecule has 2 heterocycles. The Hall–Kier alpha value is -0.970. The second-order valence-corrected chi connectivity index (χ2v) is 5.59. The van der Waals surface area contributed by atoms with Gasteiger partial charge in [0.2, 0.25) is 0 Å². The van der Waals surface area contributed by atoms with Gasteiger partial charge in [-0.3, -0.25) is 14.8 Å². The summed E-state index contributed by atoms with van der Waals surface area (Å²) in [6.07, 6.45) is 4.62. The van der Waals surface area contributed by atoms with Crippen LogP contribution in [0.2, 0.25) is 0 Å². The first-order chi connectivity index (χ1) is 9.20. The molecule has 1 fully saturated rings. The van der Waals surface area contributed by atoms with Crippen molar-refractivity contribution < 1.29 is 5.11 Å². The molecule has 1 aromatic heterocycles. The largest absolute Gasteiger partial charge is 0.396 e. The lowest BCUT2D eigenvalue weighted by molar-refractivity contribution is 0.0349. The third kappa shape index (κ3) is 4.00. The fraction of sp³-hybridized carbons (Fsp3) is 0.667. The molecule has 4 heteroatoms. The van der Waals surface area contributed by atoms with Crippen LogP contribution in [0.4, 0.5) is 0 Å².